The van der Waals surface area contributed by atoms with E-state index in [2.05, 4.69) is 9.97 Å². The highest BCUT2D eigenvalue weighted by Crippen LogP contribution is 2.26. The fourth-order valence-corrected chi connectivity index (χ4v) is 1.80. The minimum Gasteiger partial charge on any atom is -0.477 e. The number of H-pyrrole nitrogens is 1. The summed E-state index contributed by atoms with van der Waals surface area (Å²) in [6.07, 6.45) is 0. The number of hydrogen-bond donors (Lipinski definition) is 2. The third kappa shape index (κ3) is 2.26. The third-order valence-electron chi connectivity index (χ3n) is 2.67. The Labute approximate surface area is 111 Å². The van der Waals surface area contributed by atoms with Gasteiger partial charge in [0.1, 0.15) is 11.4 Å². The lowest BCUT2D eigenvalue weighted by atomic mass is 10.1. The number of carbonyl (C=O) groups is 1. The predicted octanol–water partition coefficient (Wildman–Crippen LogP) is 1.35. The highest BCUT2D eigenvalue weighted by Gasteiger charge is 2.20. The van der Waals surface area contributed by atoms with E-state index in [1.54, 1.807) is 6.07 Å². The smallest absolute Gasteiger partial charge is 0.343 e. The van der Waals surface area contributed by atoms with E-state index in [1.165, 1.54) is 25.1 Å². The van der Waals surface area contributed by atoms with E-state index in [9.17, 15) is 19.7 Å². The van der Waals surface area contributed by atoms with Crippen molar-refractivity contribution in [2.75, 3.05) is 0 Å². The van der Waals surface area contributed by atoms with E-state index in [4.69, 9.17) is 5.11 Å². The van der Waals surface area contributed by atoms with Crippen molar-refractivity contribution >= 4 is 11.7 Å². The van der Waals surface area contributed by atoms with E-state index < -0.39 is 22.0 Å². The average molecular weight is 275 g/mol. The van der Waals surface area contributed by atoms with Crippen molar-refractivity contribution in [2.45, 2.75) is 6.92 Å². The first-order valence-corrected chi connectivity index (χ1v) is 5.50. The van der Waals surface area contributed by atoms with Crippen molar-refractivity contribution < 1.29 is 14.8 Å². The standard InChI is InChI=1S/C12H9N3O5/c1-6-9(12(17)18)11(16)14-10(13-6)7-4-2-3-5-8(7)15(19)20/h2-5H,1H3,(H,17,18)(H,13,14,16). The molecule has 0 bridgehead atoms. The van der Waals surface area contributed by atoms with Gasteiger partial charge in [0, 0.05) is 6.07 Å². The Morgan fingerprint density at radius 2 is 2.05 bits per heavy atom. The molecule has 1 aromatic heterocycles. The van der Waals surface area contributed by atoms with Gasteiger partial charge in [-0.2, -0.15) is 0 Å². The number of para-hydroxylation sites is 1. The molecular formula is C12H9N3O5. The van der Waals surface area contributed by atoms with Gasteiger partial charge in [-0.25, -0.2) is 9.78 Å². The molecule has 0 radical (unpaired) electrons. The fourth-order valence-electron chi connectivity index (χ4n) is 1.80. The molecular weight excluding hydrogens is 266 g/mol. The molecule has 0 atom stereocenters. The summed E-state index contributed by atoms with van der Waals surface area (Å²) in [4.78, 5) is 39.1. The number of hydrogen-bond acceptors (Lipinski definition) is 5. The molecule has 0 unspecified atom stereocenters. The summed E-state index contributed by atoms with van der Waals surface area (Å²) in [6.45, 7) is 1.36. The molecule has 2 rings (SSSR count). The predicted molar refractivity (Wildman–Crippen MR) is 68.6 cm³/mol. The number of nitro benzene ring substituents is 1. The molecule has 0 aliphatic rings. The van der Waals surface area contributed by atoms with Gasteiger partial charge in [0.25, 0.3) is 11.2 Å². The molecule has 0 fully saturated rings. The van der Waals surface area contributed by atoms with Gasteiger partial charge in [0.05, 0.1) is 16.2 Å². The van der Waals surface area contributed by atoms with Gasteiger partial charge in [-0.05, 0) is 13.0 Å². The Bertz CT molecular complexity index is 766. The molecule has 0 saturated carbocycles. The first kappa shape index (κ1) is 13.4. The van der Waals surface area contributed by atoms with Crippen LogP contribution >= 0.6 is 0 Å². The molecule has 0 aliphatic heterocycles. The number of nitro groups is 1. The summed E-state index contributed by atoms with van der Waals surface area (Å²) in [5.74, 6) is -1.44. The van der Waals surface area contributed by atoms with Crippen LogP contribution in [0.3, 0.4) is 0 Å². The monoisotopic (exact) mass is 275 g/mol. The second-order valence-electron chi connectivity index (χ2n) is 3.95. The number of aromatic amines is 1. The lowest BCUT2D eigenvalue weighted by Crippen LogP contribution is -2.21. The van der Waals surface area contributed by atoms with E-state index in [-0.39, 0.29) is 22.8 Å². The highest BCUT2D eigenvalue weighted by molar-refractivity contribution is 5.88. The van der Waals surface area contributed by atoms with Gasteiger partial charge in [-0.3, -0.25) is 14.9 Å². The summed E-state index contributed by atoms with van der Waals surface area (Å²) in [7, 11) is 0. The molecule has 0 amide bonds. The van der Waals surface area contributed by atoms with Crippen LogP contribution in [0.5, 0.6) is 0 Å². The van der Waals surface area contributed by atoms with Crippen LogP contribution in [0, 0.1) is 17.0 Å². The zero-order valence-electron chi connectivity index (χ0n) is 10.3. The first-order chi connectivity index (χ1) is 9.41. The molecule has 2 aromatic rings. The van der Waals surface area contributed by atoms with Crippen LogP contribution in [0.4, 0.5) is 5.69 Å². The van der Waals surface area contributed by atoms with E-state index in [0.717, 1.165) is 0 Å². The number of carboxylic acids is 1. The van der Waals surface area contributed by atoms with Crippen LogP contribution in [-0.4, -0.2) is 26.0 Å². The normalized spacial score (nSPS) is 10.2. The number of aromatic nitrogens is 2. The van der Waals surface area contributed by atoms with Crippen LogP contribution in [0.1, 0.15) is 16.1 Å². The highest BCUT2D eigenvalue weighted by atomic mass is 16.6. The Morgan fingerprint density at radius 3 is 2.60 bits per heavy atom. The third-order valence-corrected chi connectivity index (χ3v) is 2.67. The number of nitrogens with one attached hydrogen (secondary N) is 1. The summed E-state index contributed by atoms with van der Waals surface area (Å²) in [5.41, 5.74) is -1.44. The van der Waals surface area contributed by atoms with Crippen molar-refractivity contribution in [3.63, 3.8) is 0 Å². The molecule has 0 saturated heterocycles. The SMILES string of the molecule is Cc1nc(-c2ccccc2[N+](=O)[O-])[nH]c(=O)c1C(=O)O. The number of carboxylic acid groups (broad SMARTS) is 1. The summed E-state index contributed by atoms with van der Waals surface area (Å²) >= 11 is 0. The second-order valence-corrected chi connectivity index (χ2v) is 3.95. The summed E-state index contributed by atoms with van der Waals surface area (Å²) in [6, 6.07) is 5.74. The van der Waals surface area contributed by atoms with Gasteiger partial charge in [0.15, 0.2) is 0 Å². The molecule has 0 spiro atoms. The van der Waals surface area contributed by atoms with Crippen LogP contribution in [0.2, 0.25) is 0 Å². The lowest BCUT2D eigenvalue weighted by Gasteiger charge is -2.05. The summed E-state index contributed by atoms with van der Waals surface area (Å²) < 4.78 is 0. The number of nitrogens with zero attached hydrogens (tertiary/aromatic N) is 2. The Morgan fingerprint density at radius 1 is 1.40 bits per heavy atom. The molecule has 2 N–H and O–H groups in total. The van der Waals surface area contributed by atoms with Crippen LogP contribution in [0.15, 0.2) is 29.1 Å². The Balaban J connectivity index is 2.70. The molecule has 8 heteroatoms. The lowest BCUT2D eigenvalue weighted by molar-refractivity contribution is -0.384. The van der Waals surface area contributed by atoms with E-state index in [0.29, 0.717) is 0 Å². The van der Waals surface area contributed by atoms with Crippen molar-refractivity contribution in [3.8, 4) is 11.4 Å². The maximum atomic E-state index is 11.7. The summed E-state index contributed by atoms with van der Waals surface area (Å²) in [5, 5.41) is 19.8. The van der Waals surface area contributed by atoms with Gasteiger partial charge in [-0.1, -0.05) is 12.1 Å². The first-order valence-electron chi connectivity index (χ1n) is 5.50. The van der Waals surface area contributed by atoms with Crippen molar-refractivity contribution in [1.29, 1.82) is 0 Å². The zero-order valence-corrected chi connectivity index (χ0v) is 10.3. The topological polar surface area (TPSA) is 126 Å². The van der Waals surface area contributed by atoms with E-state index >= 15 is 0 Å². The molecule has 1 aromatic carbocycles. The van der Waals surface area contributed by atoms with Crippen molar-refractivity contribution in [1.82, 2.24) is 9.97 Å². The van der Waals surface area contributed by atoms with Crippen molar-refractivity contribution in [3.05, 3.63) is 56.0 Å². The van der Waals surface area contributed by atoms with Gasteiger partial charge in [0.2, 0.25) is 0 Å². The minimum absolute atomic E-state index is 0.00518. The Hall–Kier alpha value is -3.03. The minimum atomic E-state index is -1.40. The van der Waals surface area contributed by atoms with Crippen LogP contribution in [0.25, 0.3) is 11.4 Å². The largest absolute Gasteiger partial charge is 0.477 e. The number of benzene rings is 1. The van der Waals surface area contributed by atoms with E-state index in [1.807, 2.05) is 0 Å². The number of rotatable bonds is 3. The number of aromatic carboxylic acids is 1. The quantitative estimate of drug-likeness (QED) is 0.643. The van der Waals surface area contributed by atoms with Crippen LogP contribution in [-0.2, 0) is 0 Å². The average Bonchev–Trinajstić information content (AvgIpc) is 2.37. The molecule has 20 heavy (non-hydrogen) atoms. The van der Waals surface area contributed by atoms with Crippen LogP contribution < -0.4 is 5.56 Å². The second kappa shape index (κ2) is 4.92. The molecule has 8 nitrogen and oxygen atoms in total. The van der Waals surface area contributed by atoms with Gasteiger partial charge >= 0.3 is 5.97 Å². The maximum Gasteiger partial charge on any atom is 0.343 e. The Kier molecular flexibility index (Phi) is 3.30. The van der Waals surface area contributed by atoms with Gasteiger partial charge in [-0.15, -0.1) is 0 Å². The van der Waals surface area contributed by atoms with Gasteiger partial charge < -0.3 is 10.1 Å². The molecule has 0 aliphatic carbocycles. The molecule has 1 heterocycles. The number of aryl methyl sites for hydroxylation is 1. The molecule has 102 valence electrons. The maximum absolute atomic E-state index is 11.7. The fraction of sp³-hybridized carbons (Fsp3) is 0.0833. The zero-order chi connectivity index (χ0) is 14.9. The van der Waals surface area contributed by atoms with Crippen molar-refractivity contribution in [2.24, 2.45) is 0 Å².